The lowest BCUT2D eigenvalue weighted by atomic mass is 10.1. The zero-order chi connectivity index (χ0) is 19.9. The molecule has 3 heterocycles. The minimum absolute atomic E-state index is 0.0244. The molecule has 10 heteroatoms. The van der Waals surface area contributed by atoms with Crippen LogP contribution in [-0.4, -0.2) is 66.9 Å². The topological polar surface area (TPSA) is 113 Å². The number of benzene rings is 1. The van der Waals surface area contributed by atoms with Crippen molar-refractivity contribution in [3.05, 3.63) is 35.4 Å². The number of fused-ring (bicyclic) bond motifs is 3. The van der Waals surface area contributed by atoms with Crippen molar-refractivity contribution in [2.45, 2.75) is 30.3 Å². The Morgan fingerprint density at radius 1 is 1.25 bits per heavy atom. The van der Waals surface area contributed by atoms with E-state index in [9.17, 15) is 22.8 Å². The van der Waals surface area contributed by atoms with E-state index < -0.39 is 15.9 Å². The van der Waals surface area contributed by atoms with Gasteiger partial charge >= 0.3 is 0 Å². The molecule has 3 aliphatic rings. The zero-order valence-corrected chi connectivity index (χ0v) is 16.7. The first-order valence-corrected chi connectivity index (χ1v) is 12.0. The van der Waals surface area contributed by atoms with Crippen LogP contribution in [0.3, 0.4) is 0 Å². The summed E-state index contributed by atoms with van der Waals surface area (Å²) in [6.45, 7) is 0.144. The van der Waals surface area contributed by atoms with Crippen LogP contribution < -0.4 is 10.6 Å². The second-order valence-corrected chi connectivity index (χ2v) is 10.6. The third-order valence-electron chi connectivity index (χ3n) is 5.24. The highest BCUT2D eigenvalue weighted by Crippen LogP contribution is 2.47. The number of hydrogen-bond acceptors (Lipinski definition) is 6. The van der Waals surface area contributed by atoms with Crippen LogP contribution in [0.5, 0.6) is 0 Å². The number of rotatable bonds is 5. The van der Waals surface area contributed by atoms with Gasteiger partial charge in [-0.15, -0.1) is 11.8 Å². The molecule has 0 radical (unpaired) electrons. The van der Waals surface area contributed by atoms with E-state index in [-0.39, 0.29) is 53.6 Å². The van der Waals surface area contributed by atoms with E-state index in [2.05, 4.69) is 10.6 Å². The minimum Gasteiger partial charge on any atom is -0.354 e. The largest absolute Gasteiger partial charge is 0.354 e. The summed E-state index contributed by atoms with van der Waals surface area (Å²) in [5.41, 5.74) is 1.59. The van der Waals surface area contributed by atoms with Gasteiger partial charge in [-0.05, 0) is 18.1 Å². The SMILES string of the molecule is O=C(CCNC(=O)[C@@H]1CS[C@@H]2c3ccccc3C(=O)N21)N[C@H]1CCS(=O)(=O)C1. The second-order valence-electron chi connectivity index (χ2n) is 7.21. The van der Waals surface area contributed by atoms with Gasteiger partial charge in [-0.1, -0.05) is 18.2 Å². The Hall–Kier alpha value is -2.07. The molecule has 3 aliphatic heterocycles. The molecule has 0 spiro atoms. The lowest BCUT2D eigenvalue weighted by Crippen LogP contribution is -2.47. The molecule has 1 aromatic rings. The molecule has 0 bridgehead atoms. The van der Waals surface area contributed by atoms with Crippen LogP contribution in [0.4, 0.5) is 0 Å². The Morgan fingerprint density at radius 3 is 2.79 bits per heavy atom. The minimum atomic E-state index is -3.05. The number of hydrogen-bond donors (Lipinski definition) is 2. The van der Waals surface area contributed by atoms with E-state index in [1.165, 1.54) is 0 Å². The first-order valence-electron chi connectivity index (χ1n) is 9.16. The Kier molecular flexibility index (Phi) is 5.09. The molecule has 0 aliphatic carbocycles. The first kappa shape index (κ1) is 19.3. The lowest BCUT2D eigenvalue weighted by Gasteiger charge is -2.22. The van der Waals surface area contributed by atoms with Gasteiger partial charge in [-0.2, -0.15) is 0 Å². The summed E-state index contributed by atoms with van der Waals surface area (Å²) in [6, 6.07) is 6.49. The molecule has 0 saturated carbocycles. The fourth-order valence-electron chi connectivity index (χ4n) is 3.87. The molecule has 2 N–H and O–H groups in total. The summed E-state index contributed by atoms with van der Waals surface area (Å²) in [5, 5.41) is 5.29. The van der Waals surface area contributed by atoms with Crippen molar-refractivity contribution in [3.8, 4) is 0 Å². The highest BCUT2D eigenvalue weighted by atomic mass is 32.2. The fraction of sp³-hybridized carbons (Fsp3) is 0.500. The van der Waals surface area contributed by atoms with Gasteiger partial charge in [0.15, 0.2) is 9.84 Å². The van der Waals surface area contributed by atoms with E-state index >= 15 is 0 Å². The zero-order valence-electron chi connectivity index (χ0n) is 15.1. The van der Waals surface area contributed by atoms with E-state index in [1.54, 1.807) is 22.7 Å². The van der Waals surface area contributed by atoms with Gasteiger partial charge in [0.2, 0.25) is 11.8 Å². The second kappa shape index (κ2) is 7.40. The first-order chi connectivity index (χ1) is 13.4. The predicted molar refractivity (Wildman–Crippen MR) is 104 cm³/mol. The maximum Gasteiger partial charge on any atom is 0.256 e. The maximum absolute atomic E-state index is 12.6. The molecular formula is C18H21N3O5S2. The van der Waals surface area contributed by atoms with Gasteiger partial charge in [-0.3, -0.25) is 14.4 Å². The monoisotopic (exact) mass is 423 g/mol. The van der Waals surface area contributed by atoms with Crippen molar-refractivity contribution < 1.29 is 22.8 Å². The highest BCUT2D eigenvalue weighted by Gasteiger charge is 2.48. The molecule has 2 saturated heterocycles. The summed E-state index contributed by atoms with van der Waals surface area (Å²) < 4.78 is 22.9. The molecule has 2 fully saturated rings. The van der Waals surface area contributed by atoms with Crippen LogP contribution >= 0.6 is 11.8 Å². The fourth-order valence-corrected chi connectivity index (χ4v) is 7.01. The van der Waals surface area contributed by atoms with Crippen molar-refractivity contribution in [2.75, 3.05) is 23.8 Å². The normalized spacial score (nSPS) is 27.4. The average molecular weight is 424 g/mol. The molecule has 28 heavy (non-hydrogen) atoms. The van der Waals surface area contributed by atoms with Crippen LogP contribution in [-0.2, 0) is 19.4 Å². The Bertz CT molecular complexity index is 933. The summed E-state index contributed by atoms with van der Waals surface area (Å²) in [6.07, 6.45) is 0.499. The standard InChI is InChI=1S/C18H21N3O5S2/c22-15(20-11-6-8-28(25,26)10-11)5-7-19-16(23)14-9-27-18-13-4-2-1-3-12(13)17(24)21(14)18/h1-4,11,14,18H,5-10H2,(H,19,23)(H,20,22)/t11-,14-,18+/m0/s1. The van der Waals surface area contributed by atoms with Crippen molar-refractivity contribution in [2.24, 2.45) is 0 Å². The third-order valence-corrected chi connectivity index (χ3v) is 8.32. The number of amides is 3. The summed E-state index contributed by atoms with van der Waals surface area (Å²) in [4.78, 5) is 38.8. The van der Waals surface area contributed by atoms with E-state index in [0.29, 0.717) is 17.7 Å². The van der Waals surface area contributed by atoms with E-state index in [1.807, 2.05) is 18.2 Å². The van der Waals surface area contributed by atoms with Gasteiger partial charge in [0.25, 0.3) is 5.91 Å². The highest BCUT2D eigenvalue weighted by molar-refractivity contribution is 7.99. The van der Waals surface area contributed by atoms with Gasteiger partial charge in [0.1, 0.15) is 11.4 Å². The number of carbonyl (C=O) groups excluding carboxylic acids is 3. The molecule has 3 atom stereocenters. The van der Waals surface area contributed by atoms with Gasteiger partial charge in [0, 0.05) is 30.3 Å². The van der Waals surface area contributed by atoms with Crippen molar-refractivity contribution in [1.29, 1.82) is 0 Å². The average Bonchev–Trinajstić information content (AvgIpc) is 3.30. The molecule has 0 aromatic heterocycles. The summed E-state index contributed by atoms with van der Waals surface area (Å²) in [5.74, 6) is -0.0998. The number of thioether (sulfide) groups is 1. The Balaban J connectivity index is 1.27. The molecule has 1 aromatic carbocycles. The van der Waals surface area contributed by atoms with Gasteiger partial charge in [0.05, 0.1) is 11.5 Å². The molecule has 3 amide bonds. The lowest BCUT2D eigenvalue weighted by molar-refractivity contribution is -0.125. The van der Waals surface area contributed by atoms with E-state index in [4.69, 9.17) is 0 Å². The number of sulfone groups is 1. The van der Waals surface area contributed by atoms with Gasteiger partial charge in [-0.25, -0.2) is 8.42 Å². The number of nitrogens with zero attached hydrogens (tertiary/aromatic N) is 1. The third kappa shape index (κ3) is 3.62. The molecule has 0 unspecified atom stereocenters. The van der Waals surface area contributed by atoms with Crippen LogP contribution in [0.15, 0.2) is 24.3 Å². The summed E-state index contributed by atoms with van der Waals surface area (Å²) >= 11 is 1.56. The van der Waals surface area contributed by atoms with Crippen LogP contribution in [0, 0.1) is 0 Å². The molecule has 4 rings (SSSR count). The van der Waals surface area contributed by atoms with Crippen LogP contribution in [0.1, 0.15) is 34.1 Å². The van der Waals surface area contributed by atoms with Crippen molar-refractivity contribution in [1.82, 2.24) is 15.5 Å². The van der Waals surface area contributed by atoms with Crippen molar-refractivity contribution in [3.63, 3.8) is 0 Å². The Labute approximate surface area is 167 Å². The molecular weight excluding hydrogens is 402 g/mol. The maximum atomic E-state index is 12.6. The molecule has 8 nitrogen and oxygen atoms in total. The number of nitrogens with one attached hydrogen (secondary N) is 2. The smallest absolute Gasteiger partial charge is 0.256 e. The van der Waals surface area contributed by atoms with Gasteiger partial charge < -0.3 is 15.5 Å². The predicted octanol–water partition coefficient (Wildman–Crippen LogP) is 0.0660. The van der Waals surface area contributed by atoms with Crippen LogP contribution in [0.2, 0.25) is 0 Å². The number of carbonyl (C=O) groups is 3. The Morgan fingerprint density at radius 2 is 2.04 bits per heavy atom. The van der Waals surface area contributed by atoms with Crippen molar-refractivity contribution >= 4 is 39.3 Å². The van der Waals surface area contributed by atoms with E-state index in [0.717, 1.165) is 5.56 Å². The summed E-state index contributed by atoms with van der Waals surface area (Å²) in [7, 11) is -3.05. The molecule has 150 valence electrons. The quantitative estimate of drug-likeness (QED) is 0.693. The van der Waals surface area contributed by atoms with Crippen LogP contribution in [0.25, 0.3) is 0 Å².